The normalized spacial score (nSPS) is 21.5. The lowest BCUT2D eigenvalue weighted by Crippen LogP contribution is -2.50. The quantitative estimate of drug-likeness (QED) is 0.887. The van der Waals surface area contributed by atoms with Gasteiger partial charge in [0.25, 0.3) is 0 Å². The Morgan fingerprint density at radius 3 is 2.79 bits per heavy atom. The van der Waals surface area contributed by atoms with E-state index in [9.17, 15) is 13.5 Å². The Hall–Kier alpha value is -0.950. The average Bonchev–Trinajstić information content (AvgIpc) is 2.38. The lowest BCUT2D eigenvalue weighted by molar-refractivity contribution is 0.0109. The molecule has 0 aromatic heterocycles. The third-order valence-corrected chi connectivity index (χ3v) is 5.41. The number of aryl methyl sites for hydroxylation is 2. The number of hydrogen-bond acceptors (Lipinski definition) is 4. The van der Waals surface area contributed by atoms with Gasteiger partial charge in [0, 0.05) is 6.54 Å². The minimum absolute atomic E-state index is 0.232. The van der Waals surface area contributed by atoms with Crippen molar-refractivity contribution in [2.75, 3.05) is 26.4 Å². The minimum atomic E-state index is -3.58. The Bertz CT molecular complexity index is 556. The van der Waals surface area contributed by atoms with Gasteiger partial charge >= 0.3 is 0 Å². The maximum Gasteiger partial charge on any atom is 0.243 e. The van der Waals surface area contributed by atoms with E-state index in [0.29, 0.717) is 11.5 Å². The van der Waals surface area contributed by atoms with Crippen LogP contribution in [0.1, 0.15) is 11.1 Å². The second-order valence-corrected chi connectivity index (χ2v) is 6.65. The first-order chi connectivity index (χ1) is 8.96. The van der Waals surface area contributed by atoms with Gasteiger partial charge in [-0.15, -0.1) is 0 Å². The standard InChI is InChI=1S/C13H19NO4S/c1-10-3-4-13(11(2)7-10)19(16,17)14-5-6-18-9-12(14)8-15/h3-4,7,12,15H,5-6,8-9H2,1-2H3/t12-/m1/s1. The largest absolute Gasteiger partial charge is 0.395 e. The van der Waals surface area contributed by atoms with Crippen molar-refractivity contribution in [1.29, 1.82) is 0 Å². The zero-order chi connectivity index (χ0) is 14.0. The Labute approximate surface area is 113 Å². The molecule has 0 bridgehead atoms. The summed E-state index contributed by atoms with van der Waals surface area (Å²) in [6.45, 7) is 4.36. The summed E-state index contributed by atoms with van der Waals surface area (Å²) in [7, 11) is -3.58. The second kappa shape index (κ2) is 5.58. The van der Waals surface area contributed by atoms with Crippen molar-refractivity contribution >= 4 is 10.0 Å². The lowest BCUT2D eigenvalue weighted by atomic mass is 10.2. The van der Waals surface area contributed by atoms with E-state index in [4.69, 9.17) is 4.74 Å². The van der Waals surface area contributed by atoms with Crippen LogP contribution in [0.15, 0.2) is 23.1 Å². The molecular weight excluding hydrogens is 266 g/mol. The number of hydrogen-bond donors (Lipinski definition) is 1. The molecule has 2 rings (SSSR count). The Balaban J connectivity index is 2.40. The summed E-state index contributed by atoms with van der Waals surface area (Å²) >= 11 is 0. The highest BCUT2D eigenvalue weighted by atomic mass is 32.2. The van der Waals surface area contributed by atoms with Crippen molar-refractivity contribution < 1.29 is 18.3 Å². The number of sulfonamides is 1. The van der Waals surface area contributed by atoms with Crippen molar-refractivity contribution in [2.45, 2.75) is 24.8 Å². The molecule has 0 saturated carbocycles. The molecule has 1 atom stereocenters. The molecule has 0 unspecified atom stereocenters. The number of aliphatic hydroxyl groups is 1. The van der Waals surface area contributed by atoms with E-state index < -0.39 is 16.1 Å². The number of benzene rings is 1. The zero-order valence-corrected chi connectivity index (χ0v) is 12.0. The van der Waals surface area contributed by atoms with Crippen molar-refractivity contribution in [3.63, 3.8) is 0 Å². The smallest absolute Gasteiger partial charge is 0.243 e. The number of rotatable bonds is 3. The van der Waals surface area contributed by atoms with Crippen LogP contribution in [0.25, 0.3) is 0 Å². The van der Waals surface area contributed by atoms with E-state index in [1.54, 1.807) is 19.1 Å². The summed E-state index contributed by atoms with van der Waals surface area (Å²) in [4.78, 5) is 0.304. The molecule has 106 valence electrons. The summed E-state index contributed by atoms with van der Waals surface area (Å²) in [6.07, 6.45) is 0. The summed E-state index contributed by atoms with van der Waals surface area (Å²) in [5, 5.41) is 9.30. The van der Waals surface area contributed by atoms with Crippen LogP contribution < -0.4 is 0 Å². The summed E-state index contributed by atoms with van der Waals surface area (Å²) in [5.41, 5.74) is 1.75. The SMILES string of the molecule is Cc1ccc(S(=O)(=O)N2CCOC[C@H]2CO)c(C)c1. The van der Waals surface area contributed by atoms with Gasteiger partial charge in [-0.25, -0.2) is 8.42 Å². The van der Waals surface area contributed by atoms with Crippen LogP contribution in [0.2, 0.25) is 0 Å². The first-order valence-electron chi connectivity index (χ1n) is 6.24. The van der Waals surface area contributed by atoms with Crippen LogP contribution in [-0.4, -0.2) is 50.2 Å². The van der Waals surface area contributed by atoms with Gasteiger partial charge in [0.05, 0.1) is 30.8 Å². The van der Waals surface area contributed by atoms with Gasteiger partial charge in [0.2, 0.25) is 10.0 Å². The number of aliphatic hydroxyl groups excluding tert-OH is 1. The molecule has 0 amide bonds. The third-order valence-electron chi connectivity index (χ3n) is 3.30. The maximum absolute atomic E-state index is 12.6. The van der Waals surface area contributed by atoms with Gasteiger partial charge in [0.1, 0.15) is 0 Å². The van der Waals surface area contributed by atoms with Crippen molar-refractivity contribution in [3.05, 3.63) is 29.3 Å². The fourth-order valence-corrected chi connectivity index (χ4v) is 4.11. The molecule has 1 N–H and O–H groups in total. The zero-order valence-electron chi connectivity index (χ0n) is 11.2. The monoisotopic (exact) mass is 285 g/mol. The van der Waals surface area contributed by atoms with Gasteiger partial charge in [-0.05, 0) is 25.5 Å². The van der Waals surface area contributed by atoms with Crippen LogP contribution in [0.3, 0.4) is 0 Å². The second-order valence-electron chi connectivity index (χ2n) is 4.80. The molecule has 1 aromatic rings. The molecule has 0 spiro atoms. The minimum Gasteiger partial charge on any atom is -0.395 e. The van der Waals surface area contributed by atoms with Crippen molar-refractivity contribution in [1.82, 2.24) is 4.31 Å². The predicted molar refractivity (Wildman–Crippen MR) is 71.5 cm³/mol. The van der Waals surface area contributed by atoms with E-state index in [1.165, 1.54) is 4.31 Å². The van der Waals surface area contributed by atoms with Gasteiger partial charge in [-0.3, -0.25) is 0 Å². The molecule has 0 radical (unpaired) electrons. The van der Waals surface area contributed by atoms with Gasteiger partial charge in [0.15, 0.2) is 0 Å². The van der Waals surface area contributed by atoms with E-state index in [-0.39, 0.29) is 19.8 Å². The fraction of sp³-hybridized carbons (Fsp3) is 0.538. The highest BCUT2D eigenvalue weighted by Crippen LogP contribution is 2.24. The molecule has 1 aromatic carbocycles. The number of morpholine rings is 1. The van der Waals surface area contributed by atoms with E-state index >= 15 is 0 Å². The lowest BCUT2D eigenvalue weighted by Gasteiger charge is -2.33. The topological polar surface area (TPSA) is 66.8 Å². The predicted octanol–water partition coefficient (Wildman–Crippen LogP) is 0.685. The molecule has 0 aliphatic carbocycles. The molecule has 1 saturated heterocycles. The highest BCUT2D eigenvalue weighted by Gasteiger charge is 2.34. The molecule has 1 aliphatic heterocycles. The van der Waals surface area contributed by atoms with Crippen molar-refractivity contribution in [2.24, 2.45) is 0 Å². The first kappa shape index (κ1) is 14.5. The maximum atomic E-state index is 12.6. The molecule has 19 heavy (non-hydrogen) atoms. The average molecular weight is 285 g/mol. The molecule has 6 heteroatoms. The summed E-state index contributed by atoms with van der Waals surface area (Å²) in [6, 6.07) is 4.76. The van der Waals surface area contributed by atoms with Gasteiger partial charge in [-0.2, -0.15) is 4.31 Å². The van der Waals surface area contributed by atoms with Crippen LogP contribution in [-0.2, 0) is 14.8 Å². The molecule has 1 heterocycles. The van der Waals surface area contributed by atoms with E-state index in [1.807, 2.05) is 13.0 Å². The Morgan fingerprint density at radius 1 is 1.42 bits per heavy atom. The molecular formula is C13H19NO4S. The van der Waals surface area contributed by atoms with Crippen LogP contribution in [0, 0.1) is 13.8 Å². The molecule has 1 fully saturated rings. The van der Waals surface area contributed by atoms with Crippen LogP contribution in [0.5, 0.6) is 0 Å². The first-order valence-corrected chi connectivity index (χ1v) is 7.68. The van der Waals surface area contributed by atoms with Crippen LogP contribution >= 0.6 is 0 Å². The number of ether oxygens (including phenoxy) is 1. The number of nitrogens with zero attached hydrogens (tertiary/aromatic N) is 1. The van der Waals surface area contributed by atoms with Gasteiger partial charge in [-0.1, -0.05) is 17.7 Å². The van der Waals surface area contributed by atoms with E-state index in [0.717, 1.165) is 11.1 Å². The molecule has 1 aliphatic rings. The Morgan fingerprint density at radius 2 is 2.16 bits per heavy atom. The van der Waals surface area contributed by atoms with Crippen LogP contribution in [0.4, 0.5) is 0 Å². The Kier molecular flexibility index (Phi) is 4.25. The van der Waals surface area contributed by atoms with Crippen molar-refractivity contribution in [3.8, 4) is 0 Å². The summed E-state index contributed by atoms with van der Waals surface area (Å²) < 4.78 is 31.9. The molecule has 5 nitrogen and oxygen atoms in total. The van der Waals surface area contributed by atoms with Gasteiger partial charge < -0.3 is 9.84 Å². The highest BCUT2D eigenvalue weighted by molar-refractivity contribution is 7.89. The third kappa shape index (κ3) is 2.81. The van der Waals surface area contributed by atoms with E-state index in [2.05, 4.69) is 0 Å². The summed E-state index contributed by atoms with van der Waals surface area (Å²) in [5.74, 6) is 0. The fourth-order valence-electron chi connectivity index (χ4n) is 2.31.